The summed E-state index contributed by atoms with van der Waals surface area (Å²) in [6.45, 7) is 2.15. The number of halogens is 4. The van der Waals surface area contributed by atoms with Crippen molar-refractivity contribution in [3.8, 4) is 5.75 Å². The number of H-pyrrole nitrogens is 1. The van der Waals surface area contributed by atoms with Crippen molar-refractivity contribution in [3.05, 3.63) is 75.2 Å². The molecule has 30 heavy (non-hydrogen) atoms. The molecule has 2 aromatic carbocycles. The van der Waals surface area contributed by atoms with Gasteiger partial charge in [0, 0.05) is 31.2 Å². The predicted molar refractivity (Wildman–Crippen MR) is 110 cm³/mol. The number of aromatic amines is 1. The summed E-state index contributed by atoms with van der Waals surface area (Å²) in [5.41, 5.74) is 0.0234. The Morgan fingerprint density at radius 3 is 2.47 bits per heavy atom. The Hall–Kier alpha value is -2.51. The molecule has 0 amide bonds. The lowest BCUT2D eigenvalue weighted by atomic mass is 10.1. The Balaban J connectivity index is 1.35. The monoisotopic (exact) mass is 436 g/mol. The number of aromatic nitrogens is 1. The third kappa shape index (κ3) is 4.63. The number of nitrogens with one attached hydrogen (secondary N) is 1. The van der Waals surface area contributed by atoms with E-state index in [0.717, 1.165) is 49.0 Å². The number of rotatable bonds is 4. The first-order valence-electron chi connectivity index (χ1n) is 9.66. The number of alkyl halides is 3. The summed E-state index contributed by atoms with van der Waals surface area (Å²) < 4.78 is 44.1. The van der Waals surface area contributed by atoms with Crippen LogP contribution in [0.3, 0.4) is 0 Å². The summed E-state index contributed by atoms with van der Waals surface area (Å²) in [4.78, 5) is 16.7. The van der Waals surface area contributed by atoms with Gasteiger partial charge >= 0.3 is 6.18 Å². The summed E-state index contributed by atoms with van der Waals surface area (Å²) in [5, 5.41) is 1.67. The van der Waals surface area contributed by atoms with Crippen LogP contribution in [0.2, 0.25) is 5.02 Å². The van der Waals surface area contributed by atoms with Crippen molar-refractivity contribution < 1.29 is 17.9 Å². The molecule has 0 saturated carbocycles. The summed E-state index contributed by atoms with van der Waals surface area (Å²) in [5.74, 6) is 0.552. The molecule has 0 unspecified atom stereocenters. The highest BCUT2D eigenvalue weighted by atomic mass is 35.5. The fourth-order valence-corrected chi connectivity index (χ4v) is 3.91. The van der Waals surface area contributed by atoms with E-state index in [1.54, 1.807) is 24.4 Å². The van der Waals surface area contributed by atoms with Gasteiger partial charge in [-0.15, -0.1) is 0 Å². The minimum atomic E-state index is -4.31. The Bertz CT molecular complexity index is 1090. The highest BCUT2D eigenvalue weighted by molar-refractivity contribution is 6.32. The first-order chi connectivity index (χ1) is 14.3. The van der Waals surface area contributed by atoms with Crippen molar-refractivity contribution in [2.45, 2.75) is 31.7 Å². The standard InChI is InChI=1S/C22H20ClF3N2O2/c23-19-12-18-15(5-8-27-21(18)29)11-20(19)30-17-6-9-28(10-7-17)13-14-1-3-16(4-2-14)22(24,25)26/h1-5,8,11-12,17H,6-7,9-10,13H2,(H,27,29). The lowest BCUT2D eigenvalue weighted by Crippen LogP contribution is -2.37. The number of fused-ring (bicyclic) bond motifs is 1. The first kappa shape index (κ1) is 20.8. The Kier molecular flexibility index (Phi) is 5.75. The van der Waals surface area contributed by atoms with E-state index in [9.17, 15) is 18.0 Å². The van der Waals surface area contributed by atoms with Crippen molar-refractivity contribution in [2.75, 3.05) is 13.1 Å². The second-order valence-electron chi connectivity index (χ2n) is 7.46. The van der Waals surface area contributed by atoms with Crippen molar-refractivity contribution >= 4 is 22.4 Å². The maximum Gasteiger partial charge on any atom is 0.416 e. The van der Waals surface area contributed by atoms with Gasteiger partial charge < -0.3 is 9.72 Å². The van der Waals surface area contributed by atoms with Crippen LogP contribution in [0.25, 0.3) is 10.8 Å². The SMILES string of the molecule is O=c1[nH]ccc2cc(OC3CCN(Cc4ccc(C(F)(F)F)cc4)CC3)c(Cl)cc12. The largest absolute Gasteiger partial charge is 0.489 e. The van der Waals surface area contributed by atoms with Gasteiger partial charge in [-0.3, -0.25) is 9.69 Å². The number of piperidine rings is 1. The minimum Gasteiger partial charge on any atom is -0.489 e. The molecule has 0 spiro atoms. The molecule has 0 bridgehead atoms. The van der Waals surface area contributed by atoms with Crippen molar-refractivity contribution in [1.82, 2.24) is 9.88 Å². The lowest BCUT2D eigenvalue weighted by molar-refractivity contribution is -0.137. The van der Waals surface area contributed by atoms with Crippen LogP contribution in [0.4, 0.5) is 13.2 Å². The molecule has 8 heteroatoms. The van der Waals surface area contributed by atoms with E-state index < -0.39 is 11.7 Å². The van der Waals surface area contributed by atoms with Gasteiger partial charge in [-0.25, -0.2) is 0 Å². The van der Waals surface area contributed by atoms with Gasteiger partial charge in [0.05, 0.1) is 10.6 Å². The normalized spacial score (nSPS) is 16.1. The van der Waals surface area contributed by atoms with E-state index >= 15 is 0 Å². The zero-order chi connectivity index (χ0) is 21.3. The number of ether oxygens (including phenoxy) is 1. The van der Waals surface area contributed by atoms with Crippen molar-refractivity contribution in [1.29, 1.82) is 0 Å². The first-order valence-corrected chi connectivity index (χ1v) is 10.0. The van der Waals surface area contributed by atoms with Gasteiger partial charge in [0.15, 0.2) is 0 Å². The van der Waals surface area contributed by atoms with Crippen molar-refractivity contribution in [3.63, 3.8) is 0 Å². The van der Waals surface area contributed by atoms with Gasteiger partial charge in [0.25, 0.3) is 5.56 Å². The number of hydrogen-bond acceptors (Lipinski definition) is 3. The molecule has 4 nitrogen and oxygen atoms in total. The van der Waals surface area contributed by atoms with Crippen LogP contribution in [-0.2, 0) is 12.7 Å². The highest BCUT2D eigenvalue weighted by Crippen LogP contribution is 2.32. The van der Waals surface area contributed by atoms with Crippen LogP contribution in [0, 0.1) is 0 Å². The van der Waals surface area contributed by atoms with Crippen LogP contribution in [-0.4, -0.2) is 29.1 Å². The van der Waals surface area contributed by atoms with E-state index in [1.165, 1.54) is 12.1 Å². The predicted octanol–water partition coefficient (Wildman–Crippen LogP) is 5.24. The summed E-state index contributed by atoms with van der Waals surface area (Å²) in [6, 6.07) is 10.5. The zero-order valence-electron chi connectivity index (χ0n) is 16.0. The Morgan fingerprint density at radius 2 is 1.80 bits per heavy atom. The second kappa shape index (κ2) is 8.32. The average Bonchev–Trinajstić information content (AvgIpc) is 2.71. The molecule has 1 aromatic heterocycles. The van der Waals surface area contributed by atoms with Gasteiger partial charge in [0.1, 0.15) is 11.9 Å². The Labute approximate surface area is 176 Å². The molecule has 4 rings (SSSR count). The van der Waals surface area contributed by atoms with Crippen molar-refractivity contribution in [2.24, 2.45) is 0 Å². The molecule has 1 N–H and O–H groups in total. The van der Waals surface area contributed by atoms with Crippen LogP contribution in [0.1, 0.15) is 24.0 Å². The van der Waals surface area contributed by atoms with Crippen LogP contribution in [0.5, 0.6) is 5.75 Å². The third-order valence-corrected chi connectivity index (χ3v) is 5.64. The zero-order valence-corrected chi connectivity index (χ0v) is 16.8. The van der Waals surface area contributed by atoms with Gasteiger partial charge in [-0.2, -0.15) is 13.2 Å². The quantitative estimate of drug-likeness (QED) is 0.608. The van der Waals surface area contributed by atoms with Gasteiger partial charge in [-0.1, -0.05) is 23.7 Å². The fourth-order valence-electron chi connectivity index (χ4n) is 3.70. The summed E-state index contributed by atoms with van der Waals surface area (Å²) in [7, 11) is 0. The molecule has 158 valence electrons. The smallest absolute Gasteiger partial charge is 0.416 e. The molecule has 0 atom stereocenters. The number of nitrogens with zero attached hydrogens (tertiary/aromatic N) is 1. The minimum absolute atomic E-state index is 0.00852. The average molecular weight is 437 g/mol. The van der Waals surface area contributed by atoms with Crippen LogP contribution < -0.4 is 10.3 Å². The number of likely N-dealkylation sites (tertiary alicyclic amines) is 1. The molecule has 0 aliphatic carbocycles. The van der Waals surface area contributed by atoms with E-state index in [4.69, 9.17) is 16.3 Å². The molecule has 1 aliphatic rings. The highest BCUT2D eigenvalue weighted by Gasteiger charge is 2.30. The van der Waals surface area contributed by atoms with Gasteiger partial charge in [0.2, 0.25) is 0 Å². The summed E-state index contributed by atoms with van der Waals surface area (Å²) >= 11 is 6.31. The van der Waals surface area contributed by atoms with Crippen LogP contribution >= 0.6 is 11.6 Å². The maximum atomic E-state index is 12.7. The van der Waals surface area contributed by atoms with E-state index in [2.05, 4.69) is 9.88 Å². The molecular weight excluding hydrogens is 417 g/mol. The maximum absolute atomic E-state index is 12.7. The van der Waals surface area contributed by atoms with Gasteiger partial charge in [-0.05, 0) is 54.1 Å². The van der Waals surface area contributed by atoms with E-state index in [-0.39, 0.29) is 11.7 Å². The number of benzene rings is 2. The molecule has 1 saturated heterocycles. The van der Waals surface area contributed by atoms with Crippen LogP contribution in [0.15, 0.2) is 53.5 Å². The molecular formula is C22H20ClF3N2O2. The molecule has 1 aliphatic heterocycles. The molecule has 3 aromatic rings. The lowest BCUT2D eigenvalue weighted by Gasteiger charge is -2.32. The third-order valence-electron chi connectivity index (χ3n) is 5.34. The fraction of sp³-hybridized carbons (Fsp3) is 0.318. The summed E-state index contributed by atoms with van der Waals surface area (Å²) in [6.07, 6.45) is -1.17. The molecule has 0 radical (unpaired) electrons. The number of pyridine rings is 1. The molecule has 2 heterocycles. The van der Waals surface area contributed by atoms with E-state index in [0.29, 0.717) is 22.7 Å². The Morgan fingerprint density at radius 1 is 1.10 bits per heavy atom. The topological polar surface area (TPSA) is 45.3 Å². The second-order valence-corrected chi connectivity index (χ2v) is 7.87. The van der Waals surface area contributed by atoms with E-state index in [1.807, 2.05) is 0 Å². The molecule has 1 fully saturated rings. The number of hydrogen-bond donors (Lipinski definition) is 1.